The van der Waals surface area contributed by atoms with Crippen LogP contribution in [0, 0.1) is 0 Å². The fourth-order valence-electron chi connectivity index (χ4n) is 2.34. The summed E-state index contributed by atoms with van der Waals surface area (Å²) in [5.41, 5.74) is -4.14. The van der Waals surface area contributed by atoms with E-state index in [1.807, 2.05) is 6.92 Å². The average Bonchev–Trinajstić information content (AvgIpc) is 2.60. The maximum atomic E-state index is 13.2. The molecular formula is C17H23F3N2O4. The molecule has 1 unspecified atom stereocenters. The molecule has 2 N–H and O–H groups in total. The minimum Gasteiger partial charge on any atom is -0.466 e. The van der Waals surface area contributed by atoms with Crippen molar-refractivity contribution in [2.75, 3.05) is 25.1 Å². The number of anilines is 1. The molecule has 1 aromatic rings. The van der Waals surface area contributed by atoms with Crippen molar-refractivity contribution in [1.82, 2.24) is 5.32 Å². The maximum Gasteiger partial charge on any atom is 0.432 e. The van der Waals surface area contributed by atoms with Crippen LogP contribution in [0.5, 0.6) is 0 Å². The Hall–Kier alpha value is -2.29. The van der Waals surface area contributed by atoms with Crippen molar-refractivity contribution in [3.63, 3.8) is 0 Å². The third-order valence-electron chi connectivity index (χ3n) is 3.86. The number of carbonyl (C=O) groups excluding carboxylic acids is 2. The van der Waals surface area contributed by atoms with E-state index in [1.165, 1.54) is 17.0 Å². The number of unbranched alkanes of at least 4 members (excludes halogenated alkanes) is 1. The van der Waals surface area contributed by atoms with Gasteiger partial charge in [0.05, 0.1) is 7.11 Å². The van der Waals surface area contributed by atoms with Gasteiger partial charge in [0.2, 0.25) is 0 Å². The number of rotatable bonds is 7. The molecule has 0 saturated heterocycles. The molecule has 2 amide bonds. The lowest BCUT2D eigenvalue weighted by Gasteiger charge is -2.28. The Kier molecular flexibility index (Phi) is 7.43. The quantitative estimate of drug-likeness (QED) is 0.567. The molecule has 0 aliphatic heterocycles. The molecule has 0 spiro atoms. The van der Waals surface area contributed by atoms with Crippen molar-refractivity contribution in [1.29, 1.82) is 0 Å². The number of hydrogen-bond acceptors (Lipinski definition) is 4. The first-order valence-corrected chi connectivity index (χ1v) is 8.16. The second kappa shape index (κ2) is 8.88. The number of carbonyl (C=O) groups is 2. The van der Waals surface area contributed by atoms with Crippen molar-refractivity contribution in [2.24, 2.45) is 0 Å². The summed E-state index contributed by atoms with van der Waals surface area (Å²) in [6.07, 6.45) is -3.55. The monoisotopic (exact) mass is 376 g/mol. The van der Waals surface area contributed by atoms with Gasteiger partial charge in [-0.15, -0.1) is 0 Å². The van der Waals surface area contributed by atoms with Crippen LogP contribution in [0.2, 0.25) is 0 Å². The van der Waals surface area contributed by atoms with E-state index in [0.29, 0.717) is 12.2 Å². The van der Waals surface area contributed by atoms with Crippen LogP contribution in [0.1, 0.15) is 32.3 Å². The standard InChI is InChI=1S/C17H23F3N2O4/c1-4-6-11-21-15(24)22(5-2)13-9-7-12(8-10-13)16(25,14(23)26-3)17(18,19)20/h7-10,25H,4-6,11H2,1-3H3,(H,21,24). The van der Waals surface area contributed by atoms with Gasteiger partial charge >= 0.3 is 18.2 Å². The molecule has 0 aliphatic carbocycles. The van der Waals surface area contributed by atoms with Crippen molar-refractivity contribution in [3.05, 3.63) is 29.8 Å². The minimum atomic E-state index is -5.26. The first-order valence-electron chi connectivity index (χ1n) is 8.16. The lowest BCUT2D eigenvalue weighted by Crippen LogP contribution is -2.49. The number of hydrogen-bond donors (Lipinski definition) is 2. The van der Waals surface area contributed by atoms with E-state index in [4.69, 9.17) is 0 Å². The number of aliphatic hydroxyl groups is 1. The van der Waals surface area contributed by atoms with Crippen LogP contribution in [-0.4, -0.2) is 43.5 Å². The lowest BCUT2D eigenvalue weighted by atomic mass is 9.93. The number of nitrogens with one attached hydrogen (secondary N) is 1. The molecule has 0 aromatic heterocycles. The van der Waals surface area contributed by atoms with Crippen molar-refractivity contribution in [3.8, 4) is 0 Å². The predicted octanol–water partition coefficient (Wildman–Crippen LogP) is 2.95. The van der Waals surface area contributed by atoms with Crippen molar-refractivity contribution >= 4 is 17.7 Å². The SMILES string of the molecule is CCCCNC(=O)N(CC)c1ccc(C(O)(C(=O)OC)C(F)(F)F)cc1. The number of nitrogens with zero attached hydrogens (tertiary/aromatic N) is 1. The molecule has 0 aliphatic rings. The fourth-order valence-corrected chi connectivity index (χ4v) is 2.34. The van der Waals surface area contributed by atoms with Crippen LogP contribution in [0.15, 0.2) is 24.3 Å². The summed E-state index contributed by atoms with van der Waals surface area (Å²) in [5.74, 6) is -1.83. The van der Waals surface area contributed by atoms with Crippen molar-refractivity contribution in [2.45, 2.75) is 38.5 Å². The van der Waals surface area contributed by atoms with Crippen LogP contribution < -0.4 is 10.2 Å². The molecule has 9 heteroatoms. The largest absolute Gasteiger partial charge is 0.466 e. The Balaban J connectivity index is 3.12. The molecule has 1 aromatic carbocycles. The highest BCUT2D eigenvalue weighted by Gasteiger charge is 2.62. The van der Waals surface area contributed by atoms with Gasteiger partial charge in [-0.3, -0.25) is 4.90 Å². The number of alkyl halides is 3. The minimum absolute atomic E-state index is 0.290. The van der Waals surface area contributed by atoms with E-state index in [1.54, 1.807) is 6.92 Å². The number of halogens is 3. The van der Waals surface area contributed by atoms with Crippen LogP contribution in [-0.2, 0) is 15.1 Å². The number of ether oxygens (including phenoxy) is 1. The molecule has 0 bridgehead atoms. The van der Waals surface area contributed by atoms with Gasteiger partial charge in [-0.25, -0.2) is 9.59 Å². The highest BCUT2D eigenvalue weighted by atomic mass is 19.4. The highest BCUT2D eigenvalue weighted by Crippen LogP contribution is 2.40. The molecule has 1 rings (SSSR count). The summed E-state index contributed by atoms with van der Waals surface area (Å²) in [6.45, 7) is 4.47. The molecule has 1 atom stereocenters. The number of methoxy groups -OCH3 is 1. The van der Waals surface area contributed by atoms with Crippen LogP contribution in [0.3, 0.4) is 0 Å². The summed E-state index contributed by atoms with van der Waals surface area (Å²) < 4.78 is 43.8. The van der Waals surface area contributed by atoms with Crippen molar-refractivity contribution < 1.29 is 32.6 Å². The van der Waals surface area contributed by atoms with Crippen LogP contribution >= 0.6 is 0 Å². The zero-order valence-electron chi connectivity index (χ0n) is 14.9. The van der Waals surface area contributed by atoms with Crippen LogP contribution in [0.4, 0.5) is 23.7 Å². The highest BCUT2D eigenvalue weighted by molar-refractivity contribution is 5.92. The average molecular weight is 376 g/mol. The topological polar surface area (TPSA) is 78.9 Å². The molecule has 6 nitrogen and oxygen atoms in total. The number of urea groups is 1. The van der Waals surface area contributed by atoms with E-state index in [9.17, 15) is 27.9 Å². The van der Waals surface area contributed by atoms with Gasteiger partial charge in [-0.05, 0) is 25.5 Å². The van der Waals surface area contributed by atoms with Gasteiger partial charge in [0.1, 0.15) is 0 Å². The summed E-state index contributed by atoms with van der Waals surface area (Å²) in [4.78, 5) is 25.0. The fraction of sp³-hybridized carbons (Fsp3) is 0.529. The molecule has 0 heterocycles. The van der Waals surface area contributed by atoms with Gasteiger partial charge in [0.25, 0.3) is 5.60 Å². The van der Waals surface area contributed by atoms with Gasteiger partial charge < -0.3 is 15.2 Å². The lowest BCUT2D eigenvalue weighted by molar-refractivity contribution is -0.266. The Labute approximate surface area is 149 Å². The van der Waals surface area contributed by atoms with E-state index in [-0.39, 0.29) is 12.6 Å². The molecule has 146 valence electrons. The van der Waals surface area contributed by atoms with E-state index in [2.05, 4.69) is 10.1 Å². The summed E-state index contributed by atoms with van der Waals surface area (Å²) in [7, 11) is 0.757. The van der Waals surface area contributed by atoms with E-state index >= 15 is 0 Å². The molecule has 0 radical (unpaired) electrons. The number of esters is 1. The first-order chi connectivity index (χ1) is 12.1. The molecule has 0 saturated carbocycles. The normalized spacial score (nSPS) is 13.7. The molecule has 26 heavy (non-hydrogen) atoms. The second-order valence-corrected chi connectivity index (χ2v) is 5.58. The Morgan fingerprint density at radius 3 is 2.19 bits per heavy atom. The maximum absolute atomic E-state index is 13.2. The molecular weight excluding hydrogens is 353 g/mol. The summed E-state index contributed by atoms with van der Waals surface area (Å²) in [6, 6.07) is 3.98. The third kappa shape index (κ3) is 4.46. The number of benzene rings is 1. The van der Waals surface area contributed by atoms with E-state index in [0.717, 1.165) is 32.1 Å². The van der Waals surface area contributed by atoms with Gasteiger partial charge in [0.15, 0.2) is 0 Å². The number of amides is 2. The van der Waals surface area contributed by atoms with Gasteiger partial charge in [-0.2, -0.15) is 13.2 Å². The smallest absolute Gasteiger partial charge is 0.432 e. The zero-order valence-corrected chi connectivity index (χ0v) is 14.9. The Morgan fingerprint density at radius 1 is 1.19 bits per heavy atom. The Bertz CT molecular complexity index is 619. The zero-order chi connectivity index (χ0) is 20.0. The van der Waals surface area contributed by atoms with Gasteiger partial charge in [-0.1, -0.05) is 25.5 Å². The predicted molar refractivity (Wildman–Crippen MR) is 89.7 cm³/mol. The summed E-state index contributed by atoms with van der Waals surface area (Å²) >= 11 is 0. The second-order valence-electron chi connectivity index (χ2n) is 5.58. The summed E-state index contributed by atoms with van der Waals surface area (Å²) in [5, 5.41) is 12.6. The Morgan fingerprint density at radius 2 is 1.77 bits per heavy atom. The van der Waals surface area contributed by atoms with Crippen LogP contribution in [0.25, 0.3) is 0 Å². The first kappa shape index (κ1) is 21.8. The molecule has 0 fully saturated rings. The van der Waals surface area contributed by atoms with Gasteiger partial charge in [0, 0.05) is 24.3 Å². The van der Waals surface area contributed by atoms with E-state index < -0.39 is 23.3 Å². The third-order valence-corrected chi connectivity index (χ3v) is 3.86.